The highest BCUT2D eigenvalue weighted by Crippen LogP contribution is 2.50. The average Bonchev–Trinajstić information content (AvgIpc) is 3.12. The Balaban J connectivity index is 1.59. The van der Waals surface area contributed by atoms with Crippen molar-refractivity contribution in [2.24, 2.45) is 5.92 Å². The van der Waals surface area contributed by atoms with Crippen molar-refractivity contribution in [1.82, 2.24) is 10.3 Å². The maximum atomic E-state index is 13.8. The number of aromatic nitrogens is 1. The number of halogens is 2. The van der Waals surface area contributed by atoms with E-state index in [1.807, 2.05) is 0 Å². The van der Waals surface area contributed by atoms with Gasteiger partial charge in [0.2, 0.25) is 5.91 Å². The third-order valence-electron chi connectivity index (χ3n) is 3.68. The molecule has 1 fully saturated rings. The average molecular weight is 355 g/mol. The van der Waals surface area contributed by atoms with E-state index in [4.69, 9.17) is 16.7 Å². The van der Waals surface area contributed by atoms with E-state index < -0.39 is 11.8 Å². The highest BCUT2D eigenvalue weighted by molar-refractivity contribution is 7.09. The molecule has 0 aliphatic heterocycles. The molecule has 0 spiro atoms. The minimum Gasteiger partial charge on any atom is -0.476 e. The van der Waals surface area contributed by atoms with Gasteiger partial charge in [0.25, 0.3) is 0 Å². The largest absolute Gasteiger partial charge is 0.476 e. The van der Waals surface area contributed by atoms with E-state index in [1.54, 1.807) is 6.07 Å². The van der Waals surface area contributed by atoms with Crippen LogP contribution in [0.2, 0.25) is 5.02 Å². The fourth-order valence-electron chi connectivity index (χ4n) is 2.45. The van der Waals surface area contributed by atoms with E-state index in [0.29, 0.717) is 22.0 Å². The van der Waals surface area contributed by atoms with Gasteiger partial charge in [-0.05, 0) is 18.6 Å². The fourth-order valence-corrected chi connectivity index (χ4v) is 3.46. The molecular weight excluding hydrogens is 343 g/mol. The molecule has 2 unspecified atom stereocenters. The standard InChI is InChI=1S/C15H12ClFN2O3S/c16-9-2-1-3-10(17)13(9)7-4-8(7)14(20)18-5-12-19-11(6-23-12)15(21)22/h1-3,6-8H,4-5H2,(H,18,20)(H,21,22). The Morgan fingerprint density at radius 1 is 1.48 bits per heavy atom. The summed E-state index contributed by atoms with van der Waals surface area (Å²) in [4.78, 5) is 26.7. The number of nitrogens with one attached hydrogen (secondary N) is 1. The van der Waals surface area contributed by atoms with Crippen LogP contribution in [0.25, 0.3) is 0 Å². The van der Waals surface area contributed by atoms with Gasteiger partial charge in [-0.25, -0.2) is 14.2 Å². The number of aromatic carboxylic acids is 1. The topological polar surface area (TPSA) is 79.3 Å². The second-order valence-corrected chi connectivity index (χ2v) is 6.58. The molecule has 3 rings (SSSR count). The molecule has 0 bridgehead atoms. The van der Waals surface area contributed by atoms with Crippen molar-refractivity contribution in [3.8, 4) is 0 Å². The summed E-state index contributed by atoms with van der Waals surface area (Å²) in [7, 11) is 0. The van der Waals surface area contributed by atoms with E-state index in [0.717, 1.165) is 0 Å². The van der Waals surface area contributed by atoms with Crippen molar-refractivity contribution in [2.75, 3.05) is 0 Å². The van der Waals surface area contributed by atoms with Crippen LogP contribution in [0.5, 0.6) is 0 Å². The fraction of sp³-hybridized carbons (Fsp3) is 0.267. The van der Waals surface area contributed by atoms with Crippen LogP contribution in [-0.2, 0) is 11.3 Å². The van der Waals surface area contributed by atoms with Crippen molar-refractivity contribution < 1.29 is 19.1 Å². The van der Waals surface area contributed by atoms with Gasteiger partial charge >= 0.3 is 5.97 Å². The van der Waals surface area contributed by atoms with E-state index in [2.05, 4.69) is 10.3 Å². The molecule has 5 nitrogen and oxygen atoms in total. The zero-order valence-corrected chi connectivity index (χ0v) is 13.3. The van der Waals surface area contributed by atoms with Crippen LogP contribution >= 0.6 is 22.9 Å². The van der Waals surface area contributed by atoms with Gasteiger partial charge in [-0.3, -0.25) is 4.79 Å². The number of benzene rings is 1. The zero-order valence-electron chi connectivity index (χ0n) is 11.8. The lowest BCUT2D eigenvalue weighted by Gasteiger charge is -2.06. The van der Waals surface area contributed by atoms with Crippen LogP contribution in [0.3, 0.4) is 0 Å². The second-order valence-electron chi connectivity index (χ2n) is 5.23. The zero-order chi connectivity index (χ0) is 16.6. The normalized spacial score (nSPS) is 19.4. The summed E-state index contributed by atoms with van der Waals surface area (Å²) in [6.07, 6.45) is 0.546. The number of carbonyl (C=O) groups is 2. The Hall–Kier alpha value is -1.99. The Labute approximate surface area is 140 Å². The molecule has 1 saturated carbocycles. The van der Waals surface area contributed by atoms with Crippen LogP contribution in [0.15, 0.2) is 23.6 Å². The predicted molar refractivity (Wildman–Crippen MR) is 83.2 cm³/mol. The molecule has 2 atom stereocenters. The number of thiazole rings is 1. The molecule has 0 radical (unpaired) electrons. The third kappa shape index (κ3) is 3.35. The minimum absolute atomic E-state index is 0.0401. The smallest absolute Gasteiger partial charge is 0.355 e. The van der Waals surface area contributed by atoms with Crippen LogP contribution in [0, 0.1) is 11.7 Å². The summed E-state index contributed by atoms with van der Waals surface area (Å²) in [6, 6.07) is 4.47. The molecule has 23 heavy (non-hydrogen) atoms. The van der Waals surface area contributed by atoms with Gasteiger partial charge in [-0.15, -0.1) is 11.3 Å². The Kier molecular flexibility index (Phi) is 4.32. The van der Waals surface area contributed by atoms with Crippen LogP contribution < -0.4 is 5.32 Å². The van der Waals surface area contributed by atoms with Gasteiger partial charge in [0.1, 0.15) is 10.8 Å². The summed E-state index contributed by atoms with van der Waals surface area (Å²) >= 11 is 7.17. The summed E-state index contributed by atoms with van der Waals surface area (Å²) in [5.41, 5.74) is 0.346. The van der Waals surface area contributed by atoms with Crippen molar-refractivity contribution >= 4 is 34.8 Å². The summed E-state index contributed by atoms with van der Waals surface area (Å²) in [6.45, 7) is 0.158. The lowest BCUT2D eigenvalue weighted by Crippen LogP contribution is -2.25. The highest BCUT2D eigenvalue weighted by atomic mass is 35.5. The summed E-state index contributed by atoms with van der Waals surface area (Å²) < 4.78 is 13.8. The maximum Gasteiger partial charge on any atom is 0.355 e. The highest BCUT2D eigenvalue weighted by Gasteiger charge is 2.46. The molecule has 2 N–H and O–H groups in total. The molecule has 1 aliphatic rings. The first-order valence-electron chi connectivity index (χ1n) is 6.86. The quantitative estimate of drug-likeness (QED) is 0.865. The number of carbonyl (C=O) groups excluding carboxylic acids is 1. The van der Waals surface area contributed by atoms with Crippen LogP contribution in [0.4, 0.5) is 4.39 Å². The number of carboxylic acid groups (broad SMARTS) is 1. The molecule has 120 valence electrons. The molecule has 0 saturated heterocycles. The number of hydrogen-bond acceptors (Lipinski definition) is 4. The third-order valence-corrected chi connectivity index (χ3v) is 4.86. The van der Waals surface area contributed by atoms with Gasteiger partial charge < -0.3 is 10.4 Å². The SMILES string of the molecule is O=C(O)c1csc(CNC(=O)C2CC2c2c(F)cccc2Cl)n1. The van der Waals surface area contributed by atoms with E-state index in [1.165, 1.54) is 28.8 Å². The molecule has 1 aromatic heterocycles. The first-order chi connectivity index (χ1) is 11.0. The predicted octanol–water partition coefficient (Wildman–Crippen LogP) is 3.05. The molecule has 1 amide bonds. The molecule has 2 aromatic rings. The van der Waals surface area contributed by atoms with E-state index in [9.17, 15) is 14.0 Å². The van der Waals surface area contributed by atoms with Gasteiger partial charge in [0, 0.05) is 27.8 Å². The van der Waals surface area contributed by atoms with Gasteiger partial charge in [-0.2, -0.15) is 0 Å². The maximum absolute atomic E-state index is 13.8. The monoisotopic (exact) mass is 354 g/mol. The minimum atomic E-state index is -1.10. The number of amides is 1. The van der Waals surface area contributed by atoms with E-state index >= 15 is 0 Å². The molecule has 1 aliphatic carbocycles. The van der Waals surface area contributed by atoms with Crippen LogP contribution in [-0.4, -0.2) is 22.0 Å². The Bertz CT molecular complexity index is 760. The van der Waals surface area contributed by atoms with Gasteiger partial charge in [0.05, 0.1) is 6.54 Å². The lowest BCUT2D eigenvalue weighted by atomic mass is 10.1. The number of hydrogen-bond donors (Lipinski definition) is 2. The number of rotatable bonds is 5. The number of nitrogens with zero attached hydrogens (tertiary/aromatic N) is 1. The molecule has 1 heterocycles. The van der Waals surface area contributed by atoms with Crippen LogP contribution in [0.1, 0.15) is 33.4 Å². The first-order valence-corrected chi connectivity index (χ1v) is 8.12. The molecule has 8 heteroatoms. The molecular formula is C15H12ClFN2O3S. The second kappa shape index (κ2) is 6.25. The van der Waals surface area contributed by atoms with Crippen molar-refractivity contribution in [2.45, 2.75) is 18.9 Å². The van der Waals surface area contributed by atoms with Gasteiger partial charge in [0.15, 0.2) is 5.69 Å². The van der Waals surface area contributed by atoms with E-state index in [-0.39, 0.29) is 30.0 Å². The lowest BCUT2D eigenvalue weighted by molar-refractivity contribution is -0.122. The van der Waals surface area contributed by atoms with Gasteiger partial charge in [-0.1, -0.05) is 17.7 Å². The Morgan fingerprint density at radius 3 is 2.91 bits per heavy atom. The Morgan fingerprint density at radius 2 is 2.26 bits per heavy atom. The first kappa shape index (κ1) is 15.9. The van der Waals surface area contributed by atoms with Crippen molar-refractivity contribution in [3.05, 3.63) is 50.7 Å². The number of carboxylic acids is 1. The van der Waals surface area contributed by atoms with Crippen molar-refractivity contribution in [3.63, 3.8) is 0 Å². The summed E-state index contributed by atoms with van der Waals surface area (Å²) in [5, 5.41) is 13.8. The van der Waals surface area contributed by atoms with Crippen molar-refractivity contribution in [1.29, 1.82) is 0 Å². The summed E-state index contributed by atoms with van der Waals surface area (Å²) in [5.74, 6) is -2.24. The molecule has 1 aromatic carbocycles.